The average Bonchev–Trinajstić information content (AvgIpc) is 2.34. The van der Waals surface area contributed by atoms with E-state index in [1.165, 1.54) is 6.07 Å². The lowest BCUT2D eigenvalue weighted by Crippen LogP contribution is -2.20. The van der Waals surface area contributed by atoms with Crippen LogP contribution in [0.25, 0.3) is 0 Å². The highest BCUT2D eigenvalue weighted by atomic mass is 32.2. The summed E-state index contributed by atoms with van der Waals surface area (Å²) >= 11 is 1.64. The van der Waals surface area contributed by atoms with Crippen molar-refractivity contribution in [2.45, 2.75) is 12.7 Å². The lowest BCUT2D eigenvalue weighted by atomic mass is 10.1. The van der Waals surface area contributed by atoms with E-state index in [1.54, 1.807) is 17.8 Å². The number of halogens is 4. The van der Waals surface area contributed by atoms with Gasteiger partial charge in [-0.3, -0.25) is 0 Å². The van der Waals surface area contributed by atoms with Crippen molar-refractivity contribution in [2.24, 2.45) is 0 Å². The van der Waals surface area contributed by atoms with Gasteiger partial charge in [0.25, 0.3) is 0 Å². The second-order valence-electron chi connectivity index (χ2n) is 3.84. The molecule has 0 aromatic heterocycles. The largest absolute Gasteiger partial charge is 0.416 e. The van der Waals surface area contributed by atoms with Crippen molar-refractivity contribution in [2.75, 3.05) is 18.1 Å². The molecule has 1 rings (SSSR count). The third-order valence-electron chi connectivity index (χ3n) is 2.35. The molecule has 0 fully saturated rings. The predicted molar refractivity (Wildman–Crippen MR) is 70.6 cm³/mol. The fourth-order valence-corrected chi connectivity index (χ4v) is 2.12. The van der Waals surface area contributed by atoms with Gasteiger partial charge in [-0.2, -0.15) is 24.9 Å². The first-order valence-electron chi connectivity index (χ1n) is 5.70. The third kappa shape index (κ3) is 5.65. The molecule has 0 unspecified atom stereocenters. The van der Waals surface area contributed by atoms with Gasteiger partial charge < -0.3 is 5.32 Å². The zero-order valence-corrected chi connectivity index (χ0v) is 11.1. The zero-order chi connectivity index (χ0) is 14.3. The lowest BCUT2D eigenvalue weighted by molar-refractivity contribution is -0.138. The molecule has 0 radical (unpaired) electrons. The van der Waals surface area contributed by atoms with Gasteiger partial charge in [0.1, 0.15) is 5.82 Å². The second-order valence-corrected chi connectivity index (χ2v) is 4.99. The Morgan fingerprint density at radius 1 is 1.32 bits per heavy atom. The van der Waals surface area contributed by atoms with Crippen LogP contribution >= 0.6 is 11.8 Å². The highest BCUT2D eigenvalue weighted by Gasteiger charge is 2.33. The number of rotatable bonds is 7. The molecule has 0 bridgehead atoms. The molecule has 0 atom stereocenters. The van der Waals surface area contributed by atoms with Gasteiger partial charge in [0.2, 0.25) is 0 Å². The van der Waals surface area contributed by atoms with Crippen LogP contribution in [-0.2, 0) is 12.7 Å². The van der Waals surface area contributed by atoms with E-state index in [0.717, 1.165) is 17.6 Å². The highest BCUT2D eigenvalue weighted by molar-refractivity contribution is 7.99. The van der Waals surface area contributed by atoms with Crippen LogP contribution in [0, 0.1) is 5.82 Å². The van der Waals surface area contributed by atoms with E-state index >= 15 is 0 Å². The summed E-state index contributed by atoms with van der Waals surface area (Å²) < 4.78 is 51.0. The molecule has 1 aromatic rings. The lowest BCUT2D eigenvalue weighted by Gasteiger charge is -2.13. The summed E-state index contributed by atoms with van der Waals surface area (Å²) in [6.45, 7) is 4.23. The van der Waals surface area contributed by atoms with Crippen molar-refractivity contribution >= 4 is 11.8 Å². The van der Waals surface area contributed by atoms with E-state index < -0.39 is 17.6 Å². The molecule has 1 N–H and O–H groups in total. The second kappa shape index (κ2) is 7.55. The quantitative estimate of drug-likeness (QED) is 0.465. The van der Waals surface area contributed by atoms with Gasteiger partial charge in [0.05, 0.1) is 5.56 Å². The summed E-state index contributed by atoms with van der Waals surface area (Å²) in [4.78, 5) is 0. The Morgan fingerprint density at radius 2 is 2.05 bits per heavy atom. The van der Waals surface area contributed by atoms with Gasteiger partial charge in [-0.1, -0.05) is 12.1 Å². The maximum atomic E-state index is 12.9. The molecule has 106 valence electrons. The number of benzene rings is 1. The normalized spacial score (nSPS) is 11.6. The minimum absolute atomic E-state index is 0.0580. The summed E-state index contributed by atoms with van der Waals surface area (Å²) in [6.07, 6.45) is -2.76. The molecule has 1 nitrogen and oxygen atoms in total. The van der Waals surface area contributed by atoms with Crippen LogP contribution in [0.5, 0.6) is 0 Å². The molecule has 0 heterocycles. The fourth-order valence-electron chi connectivity index (χ4n) is 1.50. The Morgan fingerprint density at radius 3 is 2.68 bits per heavy atom. The van der Waals surface area contributed by atoms with Crippen LogP contribution in [0.3, 0.4) is 0 Å². The molecule has 19 heavy (non-hydrogen) atoms. The number of alkyl halides is 3. The van der Waals surface area contributed by atoms with E-state index in [2.05, 4.69) is 11.9 Å². The molecule has 0 aliphatic rings. The van der Waals surface area contributed by atoms with Crippen LogP contribution in [0.15, 0.2) is 30.9 Å². The van der Waals surface area contributed by atoms with Crippen molar-refractivity contribution in [1.82, 2.24) is 5.32 Å². The minimum atomic E-state index is -4.53. The van der Waals surface area contributed by atoms with E-state index in [4.69, 9.17) is 0 Å². The summed E-state index contributed by atoms with van der Waals surface area (Å²) in [5.41, 5.74) is -0.860. The molecular weight excluding hydrogens is 278 g/mol. The SMILES string of the molecule is C=CCSCCNCc1ccc(F)cc1C(F)(F)F. The first-order valence-corrected chi connectivity index (χ1v) is 6.85. The van der Waals surface area contributed by atoms with Gasteiger partial charge in [-0.15, -0.1) is 6.58 Å². The van der Waals surface area contributed by atoms with Crippen molar-refractivity contribution < 1.29 is 17.6 Å². The fraction of sp³-hybridized carbons (Fsp3) is 0.385. The first kappa shape index (κ1) is 16.0. The molecule has 0 spiro atoms. The maximum absolute atomic E-state index is 12.9. The number of nitrogens with one attached hydrogen (secondary N) is 1. The van der Waals surface area contributed by atoms with Crippen LogP contribution in [-0.4, -0.2) is 18.1 Å². The van der Waals surface area contributed by atoms with E-state index in [9.17, 15) is 17.6 Å². The Balaban J connectivity index is 2.56. The Hall–Kier alpha value is -1.01. The van der Waals surface area contributed by atoms with Gasteiger partial charge >= 0.3 is 6.18 Å². The van der Waals surface area contributed by atoms with Gasteiger partial charge in [-0.05, 0) is 17.7 Å². The van der Waals surface area contributed by atoms with Crippen molar-refractivity contribution in [3.8, 4) is 0 Å². The Kier molecular flexibility index (Phi) is 6.37. The van der Waals surface area contributed by atoms with Crippen LogP contribution < -0.4 is 5.32 Å². The summed E-state index contributed by atoms with van der Waals surface area (Å²) in [5.74, 6) is 0.721. The van der Waals surface area contributed by atoms with Crippen molar-refractivity contribution in [1.29, 1.82) is 0 Å². The van der Waals surface area contributed by atoms with Gasteiger partial charge in [0.15, 0.2) is 0 Å². The maximum Gasteiger partial charge on any atom is 0.416 e. The van der Waals surface area contributed by atoms with E-state index in [-0.39, 0.29) is 12.1 Å². The van der Waals surface area contributed by atoms with Crippen LogP contribution in [0.1, 0.15) is 11.1 Å². The third-order valence-corrected chi connectivity index (χ3v) is 3.32. The highest BCUT2D eigenvalue weighted by Crippen LogP contribution is 2.32. The zero-order valence-electron chi connectivity index (χ0n) is 10.3. The smallest absolute Gasteiger partial charge is 0.312 e. The summed E-state index contributed by atoms with van der Waals surface area (Å²) in [7, 11) is 0. The standard InChI is InChI=1S/C13H15F4NS/c1-2-6-19-7-5-18-9-10-3-4-11(14)8-12(10)13(15,16)17/h2-4,8,18H,1,5-7,9H2. The molecular formula is C13H15F4NS. The molecule has 0 amide bonds. The summed E-state index contributed by atoms with van der Waals surface area (Å²) in [6, 6.07) is 2.74. The van der Waals surface area contributed by atoms with Crippen molar-refractivity contribution in [3.05, 3.63) is 47.8 Å². The van der Waals surface area contributed by atoms with Gasteiger partial charge in [-0.25, -0.2) is 4.39 Å². The first-order chi connectivity index (χ1) is 8.95. The van der Waals surface area contributed by atoms with Crippen LogP contribution in [0.4, 0.5) is 17.6 Å². The summed E-state index contributed by atoms with van der Waals surface area (Å²) in [5, 5.41) is 2.91. The molecule has 0 aliphatic carbocycles. The Bertz CT molecular complexity index is 418. The van der Waals surface area contributed by atoms with Gasteiger partial charge in [0, 0.05) is 24.6 Å². The predicted octanol–water partition coefficient (Wildman–Crippen LogP) is 3.85. The molecule has 6 heteroatoms. The number of hydrogen-bond acceptors (Lipinski definition) is 2. The van der Waals surface area contributed by atoms with E-state index in [0.29, 0.717) is 12.6 Å². The van der Waals surface area contributed by atoms with Crippen molar-refractivity contribution in [3.63, 3.8) is 0 Å². The minimum Gasteiger partial charge on any atom is -0.312 e. The number of hydrogen-bond donors (Lipinski definition) is 1. The Labute approximate surface area is 114 Å². The molecule has 0 saturated carbocycles. The molecule has 0 saturated heterocycles. The van der Waals surface area contributed by atoms with E-state index in [1.807, 2.05) is 0 Å². The van der Waals surface area contributed by atoms with Crippen LogP contribution in [0.2, 0.25) is 0 Å². The molecule has 0 aliphatic heterocycles. The monoisotopic (exact) mass is 293 g/mol. The average molecular weight is 293 g/mol. The topological polar surface area (TPSA) is 12.0 Å². The number of thioether (sulfide) groups is 1. The molecule has 1 aromatic carbocycles.